The van der Waals surface area contributed by atoms with Crippen LogP contribution in [0.1, 0.15) is 11.1 Å². The number of hydrogen-bond donors (Lipinski definition) is 1. The van der Waals surface area contributed by atoms with Gasteiger partial charge in [-0.25, -0.2) is 0 Å². The molecule has 3 nitrogen and oxygen atoms in total. The molecule has 1 atom stereocenters. The van der Waals surface area contributed by atoms with Gasteiger partial charge in [0.1, 0.15) is 0 Å². The third-order valence-corrected chi connectivity index (χ3v) is 1.72. The molecule has 60 valence electrons. The number of aromatic amines is 1. The van der Waals surface area contributed by atoms with Crippen molar-refractivity contribution in [1.82, 2.24) is 4.98 Å². The van der Waals surface area contributed by atoms with Crippen molar-refractivity contribution in [3.63, 3.8) is 0 Å². The summed E-state index contributed by atoms with van der Waals surface area (Å²) in [5, 5.41) is -0.727. The summed E-state index contributed by atoms with van der Waals surface area (Å²) in [6, 6.07) is 3.50. The van der Waals surface area contributed by atoms with E-state index in [1.54, 1.807) is 18.3 Å². The first kappa shape index (κ1) is 8.14. The van der Waals surface area contributed by atoms with E-state index >= 15 is 0 Å². The van der Waals surface area contributed by atoms with Crippen LogP contribution in [0.5, 0.6) is 0 Å². The zero-order valence-corrected chi connectivity index (χ0v) is 6.76. The van der Waals surface area contributed by atoms with E-state index in [9.17, 15) is 4.79 Å². The second-order valence-electron chi connectivity index (χ2n) is 2.01. The maximum atomic E-state index is 10.8. The number of halogens is 1. The molecule has 0 aliphatic heterocycles. The molecule has 4 heteroatoms. The highest BCUT2D eigenvalue weighted by Crippen LogP contribution is 2.18. The zero-order valence-electron chi connectivity index (χ0n) is 6.00. The van der Waals surface area contributed by atoms with Gasteiger partial charge in [-0.2, -0.15) is 0 Å². The highest BCUT2D eigenvalue weighted by molar-refractivity contribution is 6.29. The maximum Gasteiger partial charge on any atom is 0.329 e. The predicted molar refractivity (Wildman–Crippen MR) is 41.4 cm³/mol. The number of ether oxygens (including phenoxy) is 1. The lowest BCUT2D eigenvalue weighted by Gasteiger charge is -2.03. The number of H-pyrrole nitrogens is 1. The van der Waals surface area contributed by atoms with E-state index in [1.165, 1.54) is 7.11 Å². The summed E-state index contributed by atoms with van der Waals surface area (Å²) >= 11 is 5.69. The fourth-order valence-electron chi connectivity index (χ4n) is 0.732. The van der Waals surface area contributed by atoms with Crippen LogP contribution < -0.4 is 0 Å². The van der Waals surface area contributed by atoms with E-state index in [4.69, 9.17) is 11.6 Å². The first-order valence-corrected chi connectivity index (χ1v) is 3.54. The lowest BCUT2D eigenvalue weighted by molar-refractivity contribution is -0.140. The first-order chi connectivity index (χ1) is 5.25. The number of methoxy groups -OCH3 is 1. The molecule has 0 radical (unpaired) electrons. The quantitative estimate of drug-likeness (QED) is 0.544. The van der Waals surface area contributed by atoms with Gasteiger partial charge in [0.15, 0.2) is 5.38 Å². The molecular weight excluding hydrogens is 166 g/mol. The normalized spacial score (nSPS) is 12.5. The molecule has 11 heavy (non-hydrogen) atoms. The molecule has 1 aromatic rings. The number of esters is 1. The van der Waals surface area contributed by atoms with Crippen molar-refractivity contribution in [1.29, 1.82) is 0 Å². The molecule has 0 saturated carbocycles. The minimum absolute atomic E-state index is 0.450. The van der Waals surface area contributed by atoms with Gasteiger partial charge in [0.2, 0.25) is 0 Å². The topological polar surface area (TPSA) is 42.1 Å². The fourth-order valence-corrected chi connectivity index (χ4v) is 0.957. The van der Waals surface area contributed by atoms with E-state index in [0.29, 0.717) is 5.69 Å². The predicted octanol–water partition coefficient (Wildman–Crippen LogP) is 1.47. The Balaban J connectivity index is 2.70. The minimum Gasteiger partial charge on any atom is -0.468 e. The van der Waals surface area contributed by atoms with Gasteiger partial charge in [0.25, 0.3) is 0 Å². The average Bonchev–Trinajstić information content (AvgIpc) is 2.53. The summed E-state index contributed by atoms with van der Waals surface area (Å²) in [4.78, 5) is 13.7. The van der Waals surface area contributed by atoms with Crippen LogP contribution in [-0.4, -0.2) is 18.1 Å². The Labute approximate surface area is 69.3 Å². The van der Waals surface area contributed by atoms with Gasteiger partial charge in [0, 0.05) is 11.9 Å². The molecule has 1 N–H and O–H groups in total. The summed E-state index contributed by atoms with van der Waals surface area (Å²) in [6.07, 6.45) is 1.70. The Morgan fingerprint density at radius 1 is 1.82 bits per heavy atom. The van der Waals surface area contributed by atoms with Crippen molar-refractivity contribution in [3.8, 4) is 0 Å². The van der Waals surface area contributed by atoms with Gasteiger partial charge in [-0.05, 0) is 12.1 Å². The molecule has 0 spiro atoms. The Morgan fingerprint density at radius 2 is 2.55 bits per heavy atom. The van der Waals surface area contributed by atoms with Crippen LogP contribution in [-0.2, 0) is 9.53 Å². The highest BCUT2D eigenvalue weighted by atomic mass is 35.5. The monoisotopic (exact) mass is 173 g/mol. The van der Waals surface area contributed by atoms with Crippen molar-refractivity contribution in [2.24, 2.45) is 0 Å². The molecule has 0 saturated heterocycles. The van der Waals surface area contributed by atoms with Gasteiger partial charge in [-0.1, -0.05) is 0 Å². The van der Waals surface area contributed by atoms with Crippen LogP contribution in [0.2, 0.25) is 0 Å². The van der Waals surface area contributed by atoms with Crippen molar-refractivity contribution >= 4 is 17.6 Å². The molecule has 0 aliphatic rings. The van der Waals surface area contributed by atoms with Crippen molar-refractivity contribution in [3.05, 3.63) is 24.0 Å². The maximum absolute atomic E-state index is 10.8. The van der Waals surface area contributed by atoms with Gasteiger partial charge in [0.05, 0.1) is 7.11 Å². The van der Waals surface area contributed by atoms with Gasteiger partial charge >= 0.3 is 5.97 Å². The second kappa shape index (κ2) is 3.44. The van der Waals surface area contributed by atoms with Crippen molar-refractivity contribution < 1.29 is 9.53 Å². The highest BCUT2D eigenvalue weighted by Gasteiger charge is 2.18. The average molecular weight is 174 g/mol. The fraction of sp³-hybridized carbons (Fsp3) is 0.286. The number of alkyl halides is 1. The molecule has 0 fully saturated rings. The Bertz CT molecular complexity index is 233. The summed E-state index contributed by atoms with van der Waals surface area (Å²) in [7, 11) is 1.31. The van der Waals surface area contributed by atoms with E-state index in [1.807, 2.05) is 0 Å². The van der Waals surface area contributed by atoms with Gasteiger partial charge in [-0.3, -0.25) is 4.79 Å². The Morgan fingerprint density at radius 3 is 3.00 bits per heavy atom. The molecule has 0 amide bonds. The lowest BCUT2D eigenvalue weighted by atomic mass is 10.3. The van der Waals surface area contributed by atoms with E-state index in [0.717, 1.165) is 0 Å². The van der Waals surface area contributed by atoms with Gasteiger partial charge in [-0.15, -0.1) is 11.6 Å². The number of hydrogen-bond acceptors (Lipinski definition) is 2. The number of carbonyl (C=O) groups is 1. The SMILES string of the molecule is COC(=O)C(Cl)c1ccc[nH]1. The largest absolute Gasteiger partial charge is 0.468 e. The summed E-state index contributed by atoms with van der Waals surface area (Å²) in [6.45, 7) is 0. The summed E-state index contributed by atoms with van der Waals surface area (Å²) in [5.41, 5.74) is 0.651. The molecule has 1 heterocycles. The molecule has 1 aromatic heterocycles. The molecule has 1 unspecified atom stereocenters. The molecule has 0 aromatic carbocycles. The second-order valence-corrected chi connectivity index (χ2v) is 2.45. The standard InChI is InChI=1S/C7H8ClNO2/c1-11-7(10)6(8)5-3-2-4-9-5/h2-4,6,9H,1H3. The third-order valence-electron chi connectivity index (χ3n) is 1.30. The lowest BCUT2D eigenvalue weighted by Crippen LogP contribution is -2.08. The molecule has 0 bridgehead atoms. The molecular formula is C7H8ClNO2. The molecule has 1 rings (SSSR count). The van der Waals surface area contributed by atoms with Crippen molar-refractivity contribution in [2.45, 2.75) is 5.38 Å². The smallest absolute Gasteiger partial charge is 0.329 e. The van der Waals surface area contributed by atoms with E-state index in [2.05, 4.69) is 9.72 Å². The molecule has 0 aliphatic carbocycles. The van der Waals surface area contributed by atoms with Gasteiger partial charge < -0.3 is 9.72 Å². The Kier molecular flexibility index (Phi) is 2.54. The van der Waals surface area contributed by atoms with Crippen LogP contribution in [0.25, 0.3) is 0 Å². The number of rotatable bonds is 2. The third kappa shape index (κ3) is 1.74. The minimum atomic E-state index is -0.727. The van der Waals surface area contributed by atoms with Crippen LogP contribution in [0.3, 0.4) is 0 Å². The zero-order chi connectivity index (χ0) is 8.27. The summed E-state index contributed by atoms with van der Waals surface area (Å²) < 4.78 is 4.44. The first-order valence-electron chi connectivity index (χ1n) is 3.11. The number of carbonyl (C=O) groups excluding carboxylic acids is 1. The van der Waals surface area contributed by atoms with E-state index in [-0.39, 0.29) is 0 Å². The number of aromatic nitrogens is 1. The summed E-state index contributed by atoms with van der Waals surface area (Å²) in [5.74, 6) is -0.450. The van der Waals surface area contributed by atoms with Crippen LogP contribution in [0.4, 0.5) is 0 Å². The van der Waals surface area contributed by atoms with E-state index < -0.39 is 11.3 Å². The number of nitrogens with one attached hydrogen (secondary N) is 1. The van der Waals surface area contributed by atoms with Crippen LogP contribution in [0.15, 0.2) is 18.3 Å². The van der Waals surface area contributed by atoms with Crippen LogP contribution >= 0.6 is 11.6 Å². The van der Waals surface area contributed by atoms with Crippen LogP contribution in [0, 0.1) is 0 Å². The Hall–Kier alpha value is -0.960. The van der Waals surface area contributed by atoms with Crippen molar-refractivity contribution in [2.75, 3.05) is 7.11 Å².